The highest BCUT2D eigenvalue weighted by Crippen LogP contribution is 2.15. The molecule has 2 rings (SSSR count). The molecule has 9 heteroatoms. The monoisotopic (exact) mass is 390 g/mol. The molecule has 0 atom stereocenters. The maximum absolute atomic E-state index is 13.4. The highest BCUT2D eigenvalue weighted by atomic mass is 79.9. The van der Waals surface area contributed by atoms with E-state index in [2.05, 4.69) is 26.6 Å². The number of carbonyl (C=O) groups excluding carboxylic acids is 2. The van der Waals surface area contributed by atoms with E-state index < -0.39 is 34.8 Å². The predicted molar refractivity (Wildman–Crippen MR) is 77.4 cm³/mol. The zero-order chi connectivity index (χ0) is 17.0. The predicted octanol–water partition coefficient (Wildman–Crippen LogP) is 2.62. The van der Waals surface area contributed by atoms with E-state index >= 15 is 0 Å². The highest BCUT2D eigenvalue weighted by molar-refractivity contribution is 9.10. The van der Waals surface area contributed by atoms with Crippen LogP contribution in [-0.2, 0) is 0 Å². The Morgan fingerprint density at radius 1 is 0.957 bits per heavy atom. The minimum Gasteiger partial charge on any atom is -0.444 e. The van der Waals surface area contributed by atoms with Crippen molar-refractivity contribution in [2.75, 3.05) is 13.1 Å². The Morgan fingerprint density at radius 3 is 2.22 bits per heavy atom. The van der Waals surface area contributed by atoms with Gasteiger partial charge in [-0.05, 0) is 40.2 Å². The zero-order valence-electron chi connectivity index (χ0n) is 11.5. The van der Waals surface area contributed by atoms with Gasteiger partial charge in [0, 0.05) is 13.1 Å². The van der Waals surface area contributed by atoms with Gasteiger partial charge in [0.25, 0.3) is 11.8 Å². The van der Waals surface area contributed by atoms with Crippen LogP contribution < -0.4 is 10.6 Å². The fourth-order valence-corrected chi connectivity index (χ4v) is 1.98. The third-order valence-electron chi connectivity index (χ3n) is 2.77. The number of benzene rings is 1. The molecule has 1 aromatic carbocycles. The molecule has 122 valence electrons. The number of amides is 2. The first-order valence-electron chi connectivity index (χ1n) is 6.35. The molecule has 0 unspecified atom stereocenters. The van der Waals surface area contributed by atoms with Gasteiger partial charge in [0.1, 0.15) is 0 Å². The third kappa shape index (κ3) is 4.13. The van der Waals surface area contributed by atoms with Crippen molar-refractivity contribution in [1.29, 1.82) is 0 Å². The first-order valence-corrected chi connectivity index (χ1v) is 7.14. The van der Waals surface area contributed by atoms with Crippen LogP contribution in [0.3, 0.4) is 0 Å². The van der Waals surface area contributed by atoms with Crippen molar-refractivity contribution in [3.05, 3.63) is 57.7 Å². The number of furan rings is 1. The maximum Gasteiger partial charge on any atom is 0.287 e. The van der Waals surface area contributed by atoms with Gasteiger partial charge in [-0.25, -0.2) is 13.2 Å². The summed E-state index contributed by atoms with van der Waals surface area (Å²) in [6.45, 7) is -0.000917. The molecule has 0 radical (unpaired) electrons. The fraction of sp³-hybridized carbons (Fsp3) is 0.143. The van der Waals surface area contributed by atoms with Crippen molar-refractivity contribution in [1.82, 2.24) is 10.6 Å². The summed E-state index contributed by atoms with van der Waals surface area (Å²) in [5.74, 6) is -5.99. The van der Waals surface area contributed by atoms with Gasteiger partial charge in [0.05, 0.1) is 5.56 Å². The van der Waals surface area contributed by atoms with E-state index in [4.69, 9.17) is 4.42 Å². The molecule has 5 nitrogen and oxygen atoms in total. The first-order chi connectivity index (χ1) is 10.9. The number of halogens is 4. The molecule has 0 aliphatic heterocycles. The molecule has 0 bridgehead atoms. The van der Waals surface area contributed by atoms with Gasteiger partial charge in [0.2, 0.25) is 0 Å². The number of nitrogens with one attached hydrogen (secondary N) is 2. The van der Waals surface area contributed by atoms with Crippen LogP contribution in [0.4, 0.5) is 13.2 Å². The van der Waals surface area contributed by atoms with Crippen molar-refractivity contribution < 1.29 is 27.2 Å². The molecule has 0 aliphatic carbocycles. The number of hydrogen-bond donors (Lipinski definition) is 2. The van der Waals surface area contributed by atoms with Crippen LogP contribution in [-0.4, -0.2) is 24.9 Å². The second-order valence-electron chi connectivity index (χ2n) is 4.34. The molecule has 0 saturated heterocycles. The smallest absolute Gasteiger partial charge is 0.287 e. The van der Waals surface area contributed by atoms with E-state index in [-0.39, 0.29) is 18.8 Å². The van der Waals surface area contributed by atoms with Crippen LogP contribution in [0.2, 0.25) is 0 Å². The van der Waals surface area contributed by atoms with Crippen molar-refractivity contribution in [2.24, 2.45) is 0 Å². The number of hydrogen-bond acceptors (Lipinski definition) is 3. The summed E-state index contributed by atoms with van der Waals surface area (Å²) in [6.07, 6.45) is 0. The van der Waals surface area contributed by atoms with Crippen LogP contribution >= 0.6 is 15.9 Å². The molecular weight excluding hydrogens is 381 g/mol. The molecule has 0 fully saturated rings. The largest absolute Gasteiger partial charge is 0.444 e. The van der Waals surface area contributed by atoms with Gasteiger partial charge in [-0.2, -0.15) is 0 Å². The highest BCUT2D eigenvalue weighted by Gasteiger charge is 2.18. The van der Waals surface area contributed by atoms with E-state index in [0.29, 0.717) is 10.7 Å². The Labute approximate surface area is 137 Å². The summed E-state index contributed by atoms with van der Waals surface area (Å²) >= 11 is 3.05. The molecular formula is C14H10BrF3N2O3. The van der Waals surface area contributed by atoms with Crippen LogP contribution in [0.1, 0.15) is 20.9 Å². The van der Waals surface area contributed by atoms with Crippen LogP contribution in [0.15, 0.2) is 33.4 Å². The molecule has 2 aromatic rings. The number of rotatable bonds is 5. The van der Waals surface area contributed by atoms with Gasteiger partial charge < -0.3 is 15.1 Å². The Balaban J connectivity index is 1.83. The minimum atomic E-state index is -1.71. The van der Waals surface area contributed by atoms with Crippen molar-refractivity contribution in [3.8, 4) is 0 Å². The van der Waals surface area contributed by atoms with Crippen LogP contribution in [0.25, 0.3) is 0 Å². The van der Waals surface area contributed by atoms with Crippen molar-refractivity contribution in [3.63, 3.8) is 0 Å². The summed E-state index contributed by atoms with van der Waals surface area (Å²) in [4.78, 5) is 23.3. The van der Waals surface area contributed by atoms with Gasteiger partial charge >= 0.3 is 0 Å². The van der Waals surface area contributed by atoms with Gasteiger partial charge in [-0.1, -0.05) is 0 Å². The lowest BCUT2D eigenvalue weighted by molar-refractivity contribution is 0.0908. The lowest BCUT2D eigenvalue weighted by Gasteiger charge is -2.07. The molecule has 0 saturated carbocycles. The van der Waals surface area contributed by atoms with Gasteiger partial charge in [0.15, 0.2) is 27.9 Å². The molecule has 23 heavy (non-hydrogen) atoms. The van der Waals surface area contributed by atoms with E-state index in [9.17, 15) is 22.8 Å². The zero-order valence-corrected chi connectivity index (χ0v) is 13.0. The molecule has 1 aromatic heterocycles. The molecule has 1 heterocycles. The molecule has 0 spiro atoms. The Kier molecular flexibility index (Phi) is 5.43. The van der Waals surface area contributed by atoms with Crippen LogP contribution in [0, 0.1) is 17.5 Å². The SMILES string of the molecule is O=C(NCCNC(=O)c1ccc(F)c(F)c1F)c1ccc(Br)o1. The quantitative estimate of drug-likeness (QED) is 0.608. The lowest BCUT2D eigenvalue weighted by Crippen LogP contribution is -2.35. The van der Waals surface area contributed by atoms with E-state index in [1.807, 2.05) is 0 Å². The summed E-state index contributed by atoms with van der Waals surface area (Å²) in [7, 11) is 0. The topological polar surface area (TPSA) is 71.3 Å². The first kappa shape index (κ1) is 17.1. The van der Waals surface area contributed by atoms with Crippen LogP contribution in [0.5, 0.6) is 0 Å². The van der Waals surface area contributed by atoms with E-state index in [1.54, 1.807) is 6.07 Å². The van der Waals surface area contributed by atoms with Crippen molar-refractivity contribution >= 4 is 27.7 Å². The second kappa shape index (κ2) is 7.32. The summed E-state index contributed by atoms with van der Waals surface area (Å²) in [6, 6.07) is 4.49. The second-order valence-corrected chi connectivity index (χ2v) is 5.12. The molecule has 2 amide bonds. The van der Waals surface area contributed by atoms with Crippen molar-refractivity contribution in [2.45, 2.75) is 0 Å². The third-order valence-corrected chi connectivity index (χ3v) is 3.20. The summed E-state index contributed by atoms with van der Waals surface area (Å²) in [5.41, 5.74) is -0.620. The van der Waals surface area contributed by atoms with Gasteiger partial charge in [-0.15, -0.1) is 0 Å². The fourth-order valence-electron chi connectivity index (χ4n) is 1.67. The normalized spacial score (nSPS) is 10.4. The minimum absolute atomic E-state index is 0.0359. The average Bonchev–Trinajstić information content (AvgIpc) is 2.95. The average molecular weight is 391 g/mol. The molecule has 0 aliphatic rings. The standard InChI is InChI=1S/C14H10BrF3N2O3/c15-10-4-3-9(23-10)14(22)20-6-5-19-13(21)7-1-2-8(16)12(18)11(7)17/h1-4H,5-6H2,(H,19,21)(H,20,22). The Bertz CT molecular complexity index is 749. The summed E-state index contributed by atoms with van der Waals surface area (Å²) in [5, 5.41) is 4.73. The Morgan fingerprint density at radius 2 is 1.61 bits per heavy atom. The van der Waals surface area contributed by atoms with E-state index in [0.717, 1.165) is 6.07 Å². The lowest BCUT2D eigenvalue weighted by atomic mass is 10.2. The number of carbonyl (C=O) groups is 2. The summed E-state index contributed by atoms with van der Waals surface area (Å²) < 4.78 is 44.6. The maximum atomic E-state index is 13.4. The molecule has 2 N–H and O–H groups in total. The Hall–Kier alpha value is -2.29. The van der Waals surface area contributed by atoms with E-state index in [1.165, 1.54) is 6.07 Å². The van der Waals surface area contributed by atoms with Gasteiger partial charge in [-0.3, -0.25) is 9.59 Å².